The Morgan fingerprint density at radius 3 is 2.76 bits per heavy atom. The van der Waals surface area contributed by atoms with Crippen LogP contribution in [0.1, 0.15) is 57.7 Å². The Balaban J connectivity index is 2.19. The summed E-state index contributed by atoms with van der Waals surface area (Å²) in [6, 6.07) is 4.50. The number of aromatic nitrogens is 1. The van der Waals surface area contributed by atoms with Gasteiger partial charge in [0.15, 0.2) is 0 Å². The molecule has 0 amide bonds. The predicted octanol–water partition coefficient (Wildman–Crippen LogP) is 3.86. The van der Waals surface area contributed by atoms with Crippen molar-refractivity contribution < 1.29 is 0 Å². The van der Waals surface area contributed by atoms with E-state index in [-0.39, 0.29) is 0 Å². The number of hydrogen-bond acceptors (Lipinski definition) is 3. The molecule has 1 aliphatic heterocycles. The molecule has 0 saturated carbocycles. The van der Waals surface area contributed by atoms with Crippen molar-refractivity contribution >= 4 is 5.82 Å². The van der Waals surface area contributed by atoms with Crippen LogP contribution in [0.3, 0.4) is 0 Å². The van der Waals surface area contributed by atoms with Crippen LogP contribution in [-0.2, 0) is 6.54 Å². The Kier molecular flexibility index (Phi) is 5.80. The second-order valence-electron chi connectivity index (χ2n) is 6.34. The van der Waals surface area contributed by atoms with Gasteiger partial charge in [0, 0.05) is 25.3 Å². The van der Waals surface area contributed by atoms with Gasteiger partial charge in [0.2, 0.25) is 0 Å². The number of pyridine rings is 1. The first kappa shape index (κ1) is 16.0. The van der Waals surface area contributed by atoms with Gasteiger partial charge in [-0.15, -0.1) is 0 Å². The van der Waals surface area contributed by atoms with Crippen molar-refractivity contribution in [2.24, 2.45) is 0 Å². The molecule has 0 radical (unpaired) electrons. The number of rotatable bonds is 6. The maximum Gasteiger partial charge on any atom is 0.129 e. The zero-order valence-corrected chi connectivity index (χ0v) is 13.9. The van der Waals surface area contributed by atoms with Gasteiger partial charge >= 0.3 is 0 Å². The quantitative estimate of drug-likeness (QED) is 0.636. The van der Waals surface area contributed by atoms with Crippen LogP contribution in [0.4, 0.5) is 5.82 Å². The number of nitrogens with zero attached hydrogens (tertiary/aromatic N) is 2. The van der Waals surface area contributed by atoms with Crippen molar-refractivity contribution in [2.45, 2.75) is 53.0 Å². The third-order valence-electron chi connectivity index (χ3n) is 4.00. The summed E-state index contributed by atoms with van der Waals surface area (Å²) in [6.07, 6.45) is 4.64. The fourth-order valence-electron chi connectivity index (χ4n) is 2.54. The van der Waals surface area contributed by atoms with Gasteiger partial charge in [-0.1, -0.05) is 32.4 Å². The van der Waals surface area contributed by atoms with Crippen LogP contribution in [0, 0.1) is 0 Å². The molecule has 1 N–H and O–H groups in total. The van der Waals surface area contributed by atoms with E-state index in [1.165, 1.54) is 23.3 Å². The van der Waals surface area contributed by atoms with Gasteiger partial charge in [-0.25, -0.2) is 4.98 Å². The molecule has 0 unspecified atom stereocenters. The minimum atomic E-state index is 0.469. The summed E-state index contributed by atoms with van der Waals surface area (Å²) in [7, 11) is 0. The molecule has 1 aromatic heterocycles. The lowest BCUT2D eigenvalue weighted by Crippen LogP contribution is -2.29. The average molecular weight is 287 g/mol. The first-order chi connectivity index (χ1) is 10.1. The lowest BCUT2D eigenvalue weighted by atomic mass is 10.1. The molecule has 3 heteroatoms. The molecule has 2 heterocycles. The molecule has 1 aliphatic rings. The zero-order valence-electron chi connectivity index (χ0n) is 13.9. The van der Waals surface area contributed by atoms with E-state index in [0.29, 0.717) is 5.92 Å². The first-order valence-corrected chi connectivity index (χ1v) is 8.22. The van der Waals surface area contributed by atoms with Crippen LogP contribution < -0.4 is 10.2 Å². The topological polar surface area (TPSA) is 28.2 Å². The van der Waals surface area contributed by atoms with Crippen LogP contribution >= 0.6 is 0 Å². The van der Waals surface area contributed by atoms with Crippen molar-refractivity contribution in [1.29, 1.82) is 0 Å². The molecule has 21 heavy (non-hydrogen) atoms. The van der Waals surface area contributed by atoms with E-state index < -0.39 is 0 Å². The zero-order chi connectivity index (χ0) is 15.2. The highest BCUT2D eigenvalue weighted by molar-refractivity contribution is 5.45. The van der Waals surface area contributed by atoms with E-state index >= 15 is 0 Å². The fraction of sp³-hybridized carbons (Fsp3) is 0.611. The van der Waals surface area contributed by atoms with Crippen LogP contribution in [0.15, 0.2) is 23.8 Å². The largest absolute Gasteiger partial charge is 0.353 e. The van der Waals surface area contributed by atoms with Crippen molar-refractivity contribution in [3.63, 3.8) is 0 Å². The van der Waals surface area contributed by atoms with E-state index in [0.717, 1.165) is 38.4 Å². The molecule has 0 atom stereocenters. The van der Waals surface area contributed by atoms with Gasteiger partial charge in [-0.05, 0) is 49.9 Å². The lowest BCUT2D eigenvalue weighted by Gasteiger charge is -2.27. The first-order valence-electron chi connectivity index (χ1n) is 8.22. The van der Waals surface area contributed by atoms with E-state index in [1.807, 2.05) is 0 Å². The Morgan fingerprint density at radius 1 is 1.33 bits per heavy atom. The highest BCUT2D eigenvalue weighted by Crippen LogP contribution is 2.23. The van der Waals surface area contributed by atoms with Gasteiger partial charge < -0.3 is 10.2 Å². The Labute approximate surface area is 129 Å². The van der Waals surface area contributed by atoms with Gasteiger partial charge in [0.05, 0.1) is 0 Å². The Morgan fingerprint density at radius 2 is 2.14 bits per heavy atom. The standard InChI is InChI=1S/C18H29N3/c1-5-8-19-13-16-11-17(14(2)3)20-18(12-16)21-9-6-15(4)7-10-21/h6,11-12,14,19H,5,7-10,13H2,1-4H3. The summed E-state index contributed by atoms with van der Waals surface area (Å²) in [5, 5.41) is 3.50. The van der Waals surface area contributed by atoms with E-state index in [1.54, 1.807) is 0 Å². The fourth-order valence-corrected chi connectivity index (χ4v) is 2.54. The SMILES string of the molecule is CCCNCc1cc(C(C)C)nc(N2CC=C(C)CC2)c1. The van der Waals surface area contributed by atoms with Gasteiger partial charge in [0.1, 0.15) is 5.82 Å². The number of hydrogen-bond donors (Lipinski definition) is 1. The molecule has 0 bridgehead atoms. The summed E-state index contributed by atoms with van der Waals surface area (Å²) < 4.78 is 0. The summed E-state index contributed by atoms with van der Waals surface area (Å²) in [6.45, 7) is 12.9. The van der Waals surface area contributed by atoms with Crippen LogP contribution in [0.5, 0.6) is 0 Å². The van der Waals surface area contributed by atoms with Gasteiger partial charge in [0.25, 0.3) is 0 Å². The van der Waals surface area contributed by atoms with E-state index in [4.69, 9.17) is 4.98 Å². The molecule has 0 spiro atoms. The number of nitrogens with one attached hydrogen (secondary N) is 1. The van der Waals surface area contributed by atoms with E-state index in [9.17, 15) is 0 Å². The van der Waals surface area contributed by atoms with Crippen molar-refractivity contribution in [3.8, 4) is 0 Å². The second kappa shape index (κ2) is 7.60. The van der Waals surface area contributed by atoms with Crippen molar-refractivity contribution in [2.75, 3.05) is 24.5 Å². The molecule has 0 fully saturated rings. The van der Waals surface area contributed by atoms with Crippen LogP contribution in [0.25, 0.3) is 0 Å². The molecule has 2 rings (SSSR count). The Hall–Kier alpha value is -1.35. The third kappa shape index (κ3) is 4.57. The van der Waals surface area contributed by atoms with Gasteiger partial charge in [-0.2, -0.15) is 0 Å². The van der Waals surface area contributed by atoms with E-state index in [2.05, 4.69) is 56.1 Å². The molecule has 0 saturated heterocycles. The molecule has 0 aromatic carbocycles. The predicted molar refractivity (Wildman–Crippen MR) is 90.9 cm³/mol. The molecule has 0 aliphatic carbocycles. The number of anilines is 1. The summed E-state index contributed by atoms with van der Waals surface area (Å²) in [4.78, 5) is 7.27. The maximum absolute atomic E-state index is 4.88. The smallest absolute Gasteiger partial charge is 0.129 e. The summed E-state index contributed by atoms with van der Waals surface area (Å²) in [5.74, 6) is 1.61. The summed E-state index contributed by atoms with van der Waals surface area (Å²) in [5.41, 5.74) is 4.05. The average Bonchev–Trinajstić information content (AvgIpc) is 2.48. The van der Waals surface area contributed by atoms with Gasteiger partial charge in [-0.3, -0.25) is 0 Å². The minimum Gasteiger partial charge on any atom is -0.353 e. The third-order valence-corrected chi connectivity index (χ3v) is 4.00. The monoisotopic (exact) mass is 287 g/mol. The molecular formula is C18H29N3. The second-order valence-corrected chi connectivity index (χ2v) is 6.34. The normalized spacial score (nSPS) is 15.5. The van der Waals surface area contributed by atoms with Crippen LogP contribution in [0.2, 0.25) is 0 Å². The van der Waals surface area contributed by atoms with Crippen molar-refractivity contribution in [1.82, 2.24) is 10.3 Å². The molecule has 116 valence electrons. The summed E-state index contributed by atoms with van der Waals surface area (Å²) >= 11 is 0. The van der Waals surface area contributed by atoms with Crippen LogP contribution in [-0.4, -0.2) is 24.6 Å². The molecule has 3 nitrogen and oxygen atoms in total. The minimum absolute atomic E-state index is 0.469. The highest BCUT2D eigenvalue weighted by atomic mass is 15.2. The Bertz CT molecular complexity index is 491. The maximum atomic E-state index is 4.88. The highest BCUT2D eigenvalue weighted by Gasteiger charge is 2.14. The lowest BCUT2D eigenvalue weighted by molar-refractivity contribution is 0.671. The molecular weight excluding hydrogens is 258 g/mol. The molecule has 1 aromatic rings. The van der Waals surface area contributed by atoms with Crippen molar-refractivity contribution in [3.05, 3.63) is 35.0 Å².